The molecule has 0 saturated carbocycles. The van der Waals surface area contributed by atoms with E-state index >= 15 is 0 Å². The molecule has 1 atom stereocenters. The smallest absolute Gasteiger partial charge is 0.117 e. The van der Waals surface area contributed by atoms with E-state index in [2.05, 4.69) is 18.8 Å². The summed E-state index contributed by atoms with van der Waals surface area (Å²) in [5.74, 6) is 0. The van der Waals surface area contributed by atoms with E-state index in [4.69, 9.17) is 17.3 Å². The third-order valence-electron chi connectivity index (χ3n) is 4.00. The second kappa shape index (κ2) is 5.37. The Labute approximate surface area is 130 Å². The molecule has 0 N–H and O–H groups in total. The quantitative estimate of drug-likeness (QED) is 0.800. The molecule has 4 heteroatoms. The molecule has 2 heterocycles. The topological polar surface area (TPSA) is 28.5 Å². The van der Waals surface area contributed by atoms with Gasteiger partial charge in [-0.25, -0.2) is 5.01 Å². The minimum absolute atomic E-state index is 0.264. The molecule has 0 fully saturated rings. The fourth-order valence-electron chi connectivity index (χ4n) is 2.49. The number of aromatic nitrogens is 1. The summed E-state index contributed by atoms with van der Waals surface area (Å²) in [6.07, 6.45) is 2.69. The van der Waals surface area contributed by atoms with Crippen LogP contribution < -0.4 is 5.01 Å². The lowest BCUT2D eigenvalue weighted by Crippen LogP contribution is -2.36. The third-order valence-corrected chi connectivity index (χ3v) is 4.63. The lowest BCUT2D eigenvalue weighted by molar-refractivity contribution is 0.630. The second-order valence-electron chi connectivity index (χ2n) is 5.30. The number of rotatable bonds is 3. The summed E-state index contributed by atoms with van der Waals surface area (Å²) < 4.78 is 0. The Hall–Kier alpha value is -2.07. The molecule has 3 rings (SSSR count). The van der Waals surface area contributed by atoms with E-state index in [-0.39, 0.29) is 5.41 Å². The van der Waals surface area contributed by atoms with E-state index < -0.39 is 0 Å². The van der Waals surface area contributed by atoms with Gasteiger partial charge >= 0.3 is 0 Å². The molecule has 3 nitrogen and oxygen atoms in total. The Balaban J connectivity index is 2.10. The van der Waals surface area contributed by atoms with Gasteiger partial charge in [0.25, 0.3) is 0 Å². The molecule has 1 aliphatic rings. The Morgan fingerprint density at radius 2 is 1.81 bits per heavy atom. The van der Waals surface area contributed by atoms with Gasteiger partial charge in [0.1, 0.15) is 4.99 Å². The summed E-state index contributed by atoms with van der Waals surface area (Å²) in [4.78, 5) is 5.28. The van der Waals surface area contributed by atoms with E-state index in [0.29, 0.717) is 0 Å². The van der Waals surface area contributed by atoms with Gasteiger partial charge in [-0.1, -0.05) is 43.4 Å². The number of hydrazone groups is 1. The molecule has 0 radical (unpaired) electrons. The van der Waals surface area contributed by atoms with Crippen LogP contribution in [0, 0.1) is 5.41 Å². The molecule has 1 aromatic heterocycles. The van der Waals surface area contributed by atoms with Crippen LogP contribution in [0.25, 0.3) is 0 Å². The molecule has 2 aromatic rings. The monoisotopic (exact) mass is 295 g/mol. The van der Waals surface area contributed by atoms with Crippen molar-refractivity contribution < 1.29 is 0 Å². The van der Waals surface area contributed by atoms with E-state index in [9.17, 15) is 0 Å². The number of anilines is 1. The van der Waals surface area contributed by atoms with E-state index in [0.717, 1.165) is 28.5 Å². The van der Waals surface area contributed by atoms with E-state index in [1.165, 1.54) is 0 Å². The molecule has 1 unspecified atom stereocenters. The largest absolute Gasteiger partial charge is 0.255 e. The van der Waals surface area contributed by atoms with Crippen LogP contribution in [0.15, 0.2) is 59.8 Å². The average molecular weight is 295 g/mol. The first kappa shape index (κ1) is 13.9. The number of benzene rings is 1. The zero-order valence-corrected chi connectivity index (χ0v) is 13.0. The van der Waals surface area contributed by atoms with Crippen LogP contribution in [0.2, 0.25) is 0 Å². The summed E-state index contributed by atoms with van der Waals surface area (Å²) in [5, 5.41) is 6.64. The molecule has 1 aromatic carbocycles. The fraction of sp³-hybridized carbons (Fsp3) is 0.235. The standard InChI is InChI=1S/C17H17N3S/c1-3-17(2)15(14-11-7-8-12-18-14)19-20(16(17)21)13-9-5-4-6-10-13/h4-12H,3H2,1-2H3. The summed E-state index contributed by atoms with van der Waals surface area (Å²) in [6, 6.07) is 15.9. The van der Waals surface area contributed by atoms with E-state index in [1.807, 2.05) is 53.5 Å². The maximum absolute atomic E-state index is 5.72. The van der Waals surface area contributed by atoms with Gasteiger partial charge in [0, 0.05) is 6.20 Å². The van der Waals surface area contributed by atoms with Crippen molar-refractivity contribution in [2.24, 2.45) is 10.5 Å². The molecule has 0 aliphatic carbocycles. The fourth-order valence-corrected chi connectivity index (χ4v) is 2.88. The number of thiocarbonyl (C=S) groups is 1. The summed E-state index contributed by atoms with van der Waals surface area (Å²) in [6.45, 7) is 4.28. The molecule has 0 saturated heterocycles. The van der Waals surface area contributed by atoms with Crippen molar-refractivity contribution in [3.8, 4) is 0 Å². The minimum atomic E-state index is -0.264. The highest BCUT2D eigenvalue weighted by Gasteiger charge is 2.44. The lowest BCUT2D eigenvalue weighted by Gasteiger charge is -2.25. The minimum Gasteiger partial charge on any atom is -0.255 e. The number of hydrogen-bond acceptors (Lipinski definition) is 3. The number of para-hydroxylation sites is 1. The molecular formula is C17H17N3S. The molecule has 21 heavy (non-hydrogen) atoms. The van der Waals surface area contributed by atoms with Gasteiger partial charge in [0.05, 0.1) is 22.5 Å². The predicted octanol–water partition coefficient (Wildman–Crippen LogP) is 4.05. The Kier molecular flexibility index (Phi) is 3.55. The van der Waals surface area contributed by atoms with Gasteiger partial charge in [0.15, 0.2) is 0 Å². The number of hydrogen-bond donors (Lipinski definition) is 0. The third kappa shape index (κ3) is 2.25. The molecule has 0 amide bonds. The van der Waals surface area contributed by atoms with Gasteiger partial charge in [-0.15, -0.1) is 0 Å². The van der Waals surface area contributed by atoms with Crippen molar-refractivity contribution in [2.45, 2.75) is 20.3 Å². The van der Waals surface area contributed by atoms with Crippen molar-refractivity contribution in [1.29, 1.82) is 0 Å². The Morgan fingerprint density at radius 1 is 1.10 bits per heavy atom. The first-order valence-electron chi connectivity index (χ1n) is 7.07. The maximum Gasteiger partial charge on any atom is 0.117 e. The van der Waals surface area contributed by atoms with Crippen LogP contribution in [0.5, 0.6) is 0 Å². The van der Waals surface area contributed by atoms with Crippen LogP contribution in [-0.4, -0.2) is 15.7 Å². The Morgan fingerprint density at radius 3 is 2.43 bits per heavy atom. The SMILES string of the molecule is CCC1(C)C(=S)N(c2ccccc2)N=C1c1ccccn1. The first-order valence-corrected chi connectivity index (χ1v) is 7.48. The van der Waals surface area contributed by atoms with Gasteiger partial charge in [-0.3, -0.25) is 4.98 Å². The van der Waals surface area contributed by atoms with Crippen molar-refractivity contribution in [2.75, 3.05) is 5.01 Å². The van der Waals surface area contributed by atoms with Crippen LogP contribution in [0.3, 0.4) is 0 Å². The molecule has 106 valence electrons. The zero-order chi connectivity index (χ0) is 14.9. The highest BCUT2D eigenvalue weighted by atomic mass is 32.1. The maximum atomic E-state index is 5.72. The molecule has 1 aliphatic heterocycles. The first-order chi connectivity index (χ1) is 10.2. The van der Waals surface area contributed by atoms with Gasteiger partial charge < -0.3 is 0 Å². The summed E-state index contributed by atoms with van der Waals surface area (Å²) in [7, 11) is 0. The molecular weight excluding hydrogens is 278 g/mol. The van der Waals surface area contributed by atoms with Crippen molar-refractivity contribution in [3.05, 3.63) is 60.4 Å². The van der Waals surface area contributed by atoms with Gasteiger partial charge in [0.2, 0.25) is 0 Å². The molecule has 0 bridgehead atoms. The number of nitrogens with zero attached hydrogens (tertiary/aromatic N) is 3. The van der Waals surface area contributed by atoms with Crippen LogP contribution >= 0.6 is 12.2 Å². The predicted molar refractivity (Wildman–Crippen MR) is 90.7 cm³/mol. The van der Waals surface area contributed by atoms with Crippen LogP contribution in [0.1, 0.15) is 26.0 Å². The van der Waals surface area contributed by atoms with Crippen LogP contribution in [-0.2, 0) is 0 Å². The lowest BCUT2D eigenvalue weighted by atomic mass is 9.81. The molecule has 0 spiro atoms. The zero-order valence-electron chi connectivity index (χ0n) is 12.2. The van der Waals surface area contributed by atoms with Crippen molar-refractivity contribution >= 4 is 28.6 Å². The highest BCUT2D eigenvalue weighted by Crippen LogP contribution is 2.38. The van der Waals surface area contributed by atoms with E-state index in [1.54, 1.807) is 6.20 Å². The van der Waals surface area contributed by atoms with Gasteiger partial charge in [-0.05, 0) is 37.6 Å². The second-order valence-corrected chi connectivity index (χ2v) is 5.69. The summed E-state index contributed by atoms with van der Waals surface area (Å²) in [5.41, 5.74) is 2.56. The van der Waals surface area contributed by atoms with Crippen molar-refractivity contribution in [3.63, 3.8) is 0 Å². The normalized spacial score (nSPS) is 21.5. The van der Waals surface area contributed by atoms with Crippen LogP contribution in [0.4, 0.5) is 5.69 Å². The Bertz CT molecular complexity index is 682. The highest BCUT2D eigenvalue weighted by molar-refractivity contribution is 7.80. The summed E-state index contributed by atoms with van der Waals surface area (Å²) >= 11 is 5.72. The average Bonchev–Trinajstić information content (AvgIpc) is 2.82. The number of pyridine rings is 1. The van der Waals surface area contributed by atoms with Crippen molar-refractivity contribution in [1.82, 2.24) is 4.98 Å². The van der Waals surface area contributed by atoms with Gasteiger partial charge in [-0.2, -0.15) is 5.10 Å².